The molecule has 1 unspecified atom stereocenters. The molecule has 0 heterocycles. The fourth-order valence-electron chi connectivity index (χ4n) is 2.49. The molecule has 0 aliphatic rings. The van der Waals surface area contributed by atoms with Crippen molar-refractivity contribution in [1.82, 2.24) is 5.32 Å². The fourth-order valence-corrected chi connectivity index (χ4v) is 2.92. The number of alkyl carbamates (subject to hydrolysis) is 1. The van der Waals surface area contributed by atoms with Crippen LogP contribution in [0.15, 0.2) is 46.9 Å². The Balaban J connectivity index is 2.25. The van der Waals surface area contributed by atoms with Crippen molar-refractivity contribution in [2.45, 2.75) is 18.6 Å². The number of aliphatic hydroxyl groups is 1. The maximum Gasteiger partial charge on any atom is 0.408 e. The van der Waals surface area contributed by atoms with Gasteiger partial charge in [0.25, 0.3) is 0 Å². The molecule has 4 nitrogen and oxygen atoms in total. The molecule has 0 radical (unpaired) electrons. The molecule has 0 fully saturated rings. The zero-order valence-corrected chi connectivity index (χ0v) is 15.2. The van der Waals surface area contributed by atoms with Crippen molar-refractivity contribution in [3.05, 3.63) is 69.7 Å². The van der Waals surface area contributed by atoms with E-state index in [0.717, 1.165) is 12.1 Å². The van der Waals surface area contributed by atoms with Crippen molar-refractivity contribution in [2.24, 2.45) is 0 Å². The average molecular weight is 432 g/mol. The fraction of sp³-hybridized carbons (Fsp3) is 0.278. The number of benzene rings is 2. The van der Waals surface area contributed by atoms with Crippen molar-refractivity contribution >= 4 is 22.0 Å². The molecule has 2 aromatic rings. The second-order valence-electron chi connectivity index (χ2n) is 5.63. The van der Waals surface area contributed by atoms with Crippen LogP contribution < -0.4 is 5.32 Å². The number of carbonyl (C=O) groups is 1. The van der Waals surface area contributed by atoms with E-state index in [0.29, 0.717) is 5.56 Å². The Morgan fingerprint density at radius 1 is 1.23 bits per heavy atom. The summed E-state index contributed by atoms with van der Waals surface area (Å²) in [6.07, 6.45) is -1.38. The van der Waals surface area contributed by atoms with E-state index in [1.54, 1.807) is 30.3 Å². The molecule has 0 spiro atoms. The minimum atomic E-state index is -1.96. The van der Waals surface area contributed by atoms with E-state index in [4.69, 9.17) is 4.74 Å². The van der Waals surface area contributed by atoms with Gasteiger partial charge in [0.1, 0.15) is 18.8 Å². The highest BCUT2D eigenvalue weighted by Gasteiger charge is 2.38. The Labute approximate surface area is 157 Å². The Kier molecular flexibility index (Phi) is 7.05. The van der Waals surface area contributed by atoms with Crippen molar-refractivity contribution in [3.8, 4) is 0 Å². The predicted molar refractivity (Wildman–Crippen MR) is 93.2 cm³/mol. The van der Waals surface area contributed by atoms with Crippen LogP contribution in [0.1, 0.15) is 17.5 Å². The SMILES string of the molecule is O=C(NC(CF)(CCO)c1cc(Br)cc(F)c1F)OCc1ccccc1. The van der Waals surface area contributed by atoms with Gasteiger partial charge in [0.05, 0.1) is 0 Å². The van der Waals surface area contributed by atoms with Gasteiger partial charge < -0.3 is 15.2 Å². The number of aliphatic hydroxyl groups excluding tert-OH is 1. The molecule has 2 N–H and O–H groups in total. The summed E-state index contributed by atoms with van der Waals surface area (Å²) in [5, 5.41) is 11.5. The summed E-state index contributed by atoms with van der Waals surface area (Å²) in [5.74, 6) is -2.51. The summed E-state index contributed by atoms with van der Waals surface area (Å²) in [7, 11) is 0. The van der Waals surface area contributed by atoms with Crippen molar-refractivity contribution < 1.29 is 27.8 Å². The maximum absolute atomic E-state index is 14.3. The largest absolute Gasteiger partial charge is 0.445 e. The number of nitrogens with one attached hydrogen (secondary N) is 1. The summed E-state index contributed by atoms with van der Waals surface area (Å²) in [5.41, 5.74) is -1.68. The van der Waals surface area contributed by atoms with Gasteiger partial charge in [-0.1, -0.05) is 46.3 Å². The van der Waals surface area contributed by atoms with Gasteiger partial charge in [0.15, 0.2) is 11.6 Å². The monoisotopic (exact) mass is 431 g/mol. The number of hydrogen-bond donors (Lipinski definition) is 2. The molecule has 2 rings (SSSR count). The van der Waals surface area contributed by atoms with E-state index in [2.05, 4.69) is 21.2 Å². The van der Waals surface area contributed by atoms with Gasteiger partial charge in [-0.05, 0) is 17.7 Å². The Bertz CT molecular complexity index is 761. The van der Waals surface area contributed by atoms with Crippen LogP contribution in [0.4, 0.5) is 18.0 Å². The van der Waals surface area contributed by atoms with Gasteiger partial charge >= 0.3 is 6.09 Å². The van der Waals surface area contributed by atoms with E-state index in [1.807, 2.05) is 0 Å². The highest BCUT2D eigenvalue weighted by atomic mass is 79.9. The van der Waals surface area contributed by atoms with Crippen LogP contribution in [0.2, 0.25) is 0 Å². The molecule has 26 heavy (non-hydrogen) atoms. The van der Waals surface area contributed by atoms with Crippen LogP contribution in [0.3, 0.4) is 0 Å². The third-order valence-electron chi connectivity index (χ3n) is 3.83. The molecule has 0 saturated carbocycles. The molecule has 0 aliphatic carbocycles. The third-order valence-corrected chi connectivity index (χ3v) is 4.29. The van der Waals surface area contributed by atoms with Crippen LogP contribution in [-0.2, 0) is 16.9 Å². The Hall–Kier alpha value is -2.06. The molecule has 2 aromatic carbocycles. The normalized spacial score (nSPS) is 13.1. The first-order valence-corrected chi connectivity index (χ1v) is 8.52. The van der Waals surface area contributed by atoms with E-state index in [-0.39, 0.29) is 17.5 Å². The first-order valence-electron chi connectivity index (χ1n) is 7.72. The smallest absolute Gasteiger partial charge is 0.408 e. The van der Waals surface area contributed by atoms with Gasteiger partial charge in [0.2, 0.25) is 0 Å². The molecular formula is C18H17BrF3NO3. The molecule has 0 aromatic heterocycles. The maximum atomic E-state index is 14.3. The lowest BCUT2D eigenvalue weighted by molar-refractivity contribution is 0.108. The molecule has 8 heteroatoms. The van der Waals surface area contributed by atoms with Crippen LogP contribution >= 0.6 is 15.9 Å². The van der Waals surface area contributed by atoms with Gasteiger partial charge in [0, 0.05) is 23.1 Å². The van der Waals surface area contributed by atoms with Crippen molar-refractivity contribution in [1.29, 1.82) is 0 Å². The lowest BCUT2D eigenvalue weighted by atomic mass is 9.87. The number of ether oxygens (including phenoxy) is 1. The van der Waals surface area contributed by atoms with Crippen LogP contribution in [-0.4, -0.2) is 24.5 Å². The zero-order valence-electron chi connectivity index (χ0n) is 13.6. The standard InChI is InChI=1S/C18H17BrF3NO3/c19-13-8-14(16(22)15(21)9-13)18(11-20,6-7-24)23-17(25)26-10-12-4-2-1-3-5-12/h1-5,8-9,24H,6-7,10-11H2,(H,23,25). The van der Waals surface area contributed by atoms with Gasteiger partial charge in [-0.3, -0.25) is 0 Å². The molecule has 1 atom stereocenters. The van der Waals surface area contributed by atoms with Gasteiger partial charge in [-0.25, -0.2) is 18.0 Å². The molecule has 0 bridgehead atoms. The predicted octanol–water partition coefficient (Wildman–Crippen LogP) is 4.20. The molecule has 1 amide bonds. The quantitative estimate of drug-likeness (QED) is 0.645. The first kappa shape index (κ1) is 20.3. The topological polar surface area (TPSA) is 58.6 Å². The van der Waals surface area contributed by atoms with Crippen LogP contribution in [0.25, 0.3) is 0 Å². The Morgan fingerprint density at radius 2 is 1.92 bits per heavy atom. The molecule has 0 saturated heterocycles. The summed E-state index contributed by atoms with van der Waals surface area (Å²) < 4.78 is 47.0. The number of carbonyl (C=O) groups excluding carboxylic acids is 1. The summed E-state index contributed by atoms with van der Waals surface area (Å²) >= 11 is 3.01. The van der Waals surface area contributed by atoms with Crippen LogP contribution in [0, 0.1) is 11.6 Å². The van der Waals surface area contributed by atoms with E-state index < -0.39 is 42.1 Å². The van der Waals surface area contributed by atoms with Gasteiger partial charge in [-0.2, -0.15) is 0 Å². The minimum absolute atomic E-state index is 0.0799. The lowest BCUT2D eigenvalue weighted by Gasteiger charge is -2.32. The van der Waals surface area contributed by atoms with E-state index in [9.17, 15) is 23.1 Å². The van der Waals surface area contributed by atoms with Crippen LogP contribution in [0.5, 0.6) is 0 Å². The minimum Gasteiger partial charge on any atom is -0.445 e. The molecule has 0 aliphatic heterocycles. The average Bonchev–Trinajstić information content (AvgIpc) is 2.63. The zero-order chi connectivity index (χ0) is 19.2. The van der Waals surface area contributed by atoms with E-state index >= 15 is 0 Å². The molecule has 140 valence electrons. The number of amides is 1. The molecular weight excluding hydrogens is 415 g/mol. The van der Waals surface area contributed by atoms with Crippen molar-refractivity contribution in [2.75, 3.05) is 13.3 Å². The number of alkyl halides is 1. The highest BCUT2D eigenvalue weighted by molar-refractivity contribution is 9.10. The van der Waals surface area contributed by atoms with Gasteiger partial charge in [-0.15, -0.1) is 0 Å². The lowest BCUT2D eigenvalue weighted by Crippen LogP contribution is -2.49. The second-order valence-corrected chi connectivity index (χ2v) is 6.54. The summed E-state index contributed by atoms with van der Waals surface area (Å²) in [6.45, 7) is -1.90. The summed E-state index contributed by atoms with van der Waals surface area (Å²) in [4.78, 5) is 12.1. The second kappa shape index (κ2) is 9.05. The number of halogens is 4. The van der Waals surface area contributed by atoms with E-state index in [1.165, 1.54) is 0 Å². The number of hydrogen-bond acceptors (Lipinski definition) is 3. The highest BCUT2D eigenvalue weighted by Crippen LogP contribution is 2.32. The third kappa shape index (κ3) is 4.76. The summed E-state index contributed by atoms with van der Waals surface area (Å²) in [6, 6.07) is 10.8. The Morgan fingerprint density at radius 3 is 2.54 bits per heavy atom. The number of rotatable bonds is 7. The first-order chi connectivity index (χ1) is 12.4. The van der Waals surface area contributed by atoms with Crippen molar-refractivity contribution in [3.63, 3.8) is 0 Å².